The zero-order chi connectivity index (χ0) is 14.9. The van der Waals surface area contributed by atoms with E-state index in [9.17, 15) is 0 Å². The zero-order valence-corrected chi connectivity index (χ0v) is 12.4. The lowest BCUT2D eigenvalue weighted by Crippen LogP contribution is -2.37. The lowest BCUT2D eigenvalue weighted by atomic mass is 10.2. The minimum Gasteiger partial charge on any atom is -0.393 e. The summed E-state index contributed by atoms with van der Waals surface area (Å²) in [5.41, 5.74) is 9.59. The standard InChI is InChI=1S/C16H19N5O/c17-14-15(20-7-9-22-10-8-20)18-11-19-16(14)21-6-5-12-3-1-2-4-13(12)21/h1-4,11H,5-10,17H2. The quantitative estimate of drug-likeness (QED) is 0.908. The minimum absolute atomic E-state index is 0.654. The van der Waals surface area contributed by atoms with Gasteiger partial charge in [0.1, 0.15) is 12.0 Å². The van der Waals surface area contributed by atoms with Gasteiger partial charge in [-0.2, -0.15) is 0 Å². The molecule has 0 bridgehead atoms. The molecule has 0 atom stereocenters. The van der Waals surface area contributed by atoms with Gasteiger partial charge in [0.25, 0.3) is 0 Å². The molecule has 0 saturated carbocycles. The number of nitrogens with two attached hydrogens (primary N) is 1. The number of aromatic nitrogens is 2. The van der Waals surface area contributed by atoms with Crippen molar-refractivity contribution in [2.45, 2.75) is 6.42 Å². The fourth-order valence-electron chi connectivity index (χ4n) is 3.18. The molecule has 6 nitrogen and oxygen atoms in total. The smallest absolute Gasteiger partial charge is 0.161 e. The van der Waals surface area contributed by atoms with Gasteiger partial charge in [-0.3, -0.25) is 0 Å². The second-order valence-electron chi connectivity index (χ2n) is 5.56. The van der Waals surface area contributed by atoms with Crippen LogP contribution in [0.4, 0.5) is 23.0 Å². The third-order valence-electron chi connectivity index (χ3n) is 4.30. The van der Waals surface area contributed by atoms with Crippen LogP contribution in [-0.2, 0) is 11.2 Å². The van der Waals surface area contributed by atoms with Gasteiger partial charge in [0.2, 0.25) is 0 Å². The van der Waals surface area contributed by atoms with E-state index in [4.69, 9.17) is 10.5 Å². The number of benzene rings is 1. The van der Waals surface area contributed by atoms with Crippen molar-refractivity contribution in [3.05, 3.63) is 36.2 Å². The van der Waals surface area contributed by atoms with Crippen LogP contribution in [0.2, 0.25) is 0 Å². The Hall–Kier alpha value is -2.34. The Morgan fingerprint density at radius 3 is 2.64 bits per heavy atom. The fraction of sp³-hybridized carbons (Fsp3) is 0.375. The summed E-state index contributed by atoms with van der Waals surface area (Å²) in [5.74, 6) is 1.62. The molecule has 2 aliphatic rings. The molecular formula is C16H19N5O. The molecule has 0 spiro atoms. The number of ether oxygens (including phenoxy) is 1. The highest BCUT2D eigenvalue weighted by molar-refractivity contribution is 5.81. The molecule has 2 N–H and O–H groups in total. The molecule has 22 heavy (non-hydrogen) atoms. The second kappa shape index (κ2) is 5.46. The van der Waals surface area contributed by atoms with E-state index in [0.29, 0.717) is 18.9 Å². The number of nitrogen functional groups attached to an aromatic ring is 1. The topological polar surface area (TPSA) is 67.5 Å². The molecule has 1 aromatic heterocycles. The Bertz CT molecular complexity index is 684. The maximum Gasteiger partial charge on any atom is 0.161 e. The van der Waals surface area contributed by atoms with E-state index >= 15 is 0 Å². The number of hydrogen-bond donors (Lipinski definition) is 1. The lowest BCUT2D eigenvalue weighted by molar-refractivity contribution is 0.122. The van der Waals surface area contributed by atoms with Gasteiger partial charge in [0.15, 0.2) is 11.6 Å². The van der Waals surface area contributed by atoms with Crippen LogP contribution in [0.1, 0.15) is 5.56 Å². The summed E-state index contributed by atoms with van der Waals surface area (Å²) in [7, 11) is 0. The summed E-state index contributed by atoms with van der Waals surface area (Å²) in [6.07, 6.45) is 2.63. The van der Waals surface area contributed by atoms with Crippen LogP contribution in [0.25, 0.3) is 0 Å². The van der Waals surface area contributed by atoms with Crippen LogP contribution < -0.4 is 15.5 Å². The predicted molar refractivity (Wildman–Crippen MR) is 86.6 cm³/mol. The van der Waals surface area contributed by atoms with E-state index in [1.165, 1.54) is 11.3 Å². The number of nitrogens with zero attached hydrogens (tertiary/aromatic N) is 4. The highest BCUT2D eigenvalue weighted by Gasteiger charge is 2.25. The van der Waals surface area contributed by atoms with E-state index < -0.39 is 0 Å². The van der Waals surface area contributed by atoms with Gasteiger partial charge in [-0.05, 0) is 18.1 Å². The molecule has 0 unspecified atom stereocenters. The summed E-state index contributed by atoms with van der Waals surface area (Å²) in [6.45, 7) is 3.97. The van der Waals surface area contributed by atoms with Crippen molar-refractivity contribution in [3.8, 4) is 0 Å². The Morgan fingerprint density at radius 1 is 1.00 bits per heavy atom. The Morgan fingerprint density at radius 2 is 1.77 bits per heavy atom. The van der Waals surface area contributed by atoms with Crippen LogP contribution in [-0.4, -0.2) is 42.8 Å². The Kier molecular flexibility index (Phi) is 3.31. The average molecular weight is 297 g/mol. The first-order chi connectivity index (χ1) is 10.8. The fourth-order valence-corrected chi connectivity index (χ4v) is 3.18. The molecule has 3 heterocycles. The Labute approximate surface area is 129 Å². The van der Waals surface area contributed by atoms with E-state index in [1.54, 1.807) is 6.33 Å². The van der Waals surface area contributed by atoms with Gasteiger partial charge in [-0.25, -0.2) is 9.97 Å². The van der Waals surface area contributed by atoms with Gasteiger partial charge in [0, 0.05) is 25.3 Å². The molecule has 1 fully saturated rings. The second-order valence-corrected chi connectivity index (χ2v) is 5.56. The van der Waals surface area contributed by atoms with Crippen LogP contribution in [0.15, 0.2) is 30.6 Å². The van der Waals surface area contributed by atoms with E-state index in [0.717, 1.165) is 37.7 Å². The summed E-state index contributed by atoms with van der Waals surface area (Å²) in [6, 6.07) is 8.41. The van der Waals surface area contributed by atoms with Gasteiger partial charge in [0.05, 0.1) is 13.2 Å². The number of morpholine rings is 1. The van der Waals surface area contributed by atoms with Crippen molar-refractivity contribution in [2.75, 3.05) is 48.4 Å². The highest BCUT2D eigenvalue weighted by atomic mass is 16.5. The normalized spacial score (nSPS) is 17.6. The molecule has 0 aliphatic carbocycles. The molecule has 4 rings (SSSR count). The molecular weight excluding hydrogens is 278 g/mol. The highest BCUT2D eigenvalue weighted by Crippen LogP contribution is 2.38. The van der Waals surface area contributed by atoms with Crippen molar-refractivity contribution in [2.24, 2.45) is 0 Å². The summed E-state index contributed by atoms with van der Waals surface area (Å²) < 4.78 is 5.40. The number of hydrogen-bond acceptors (Lipinski definition) is 6. The first kappa shape index (κ1) is 13.3. The maximum atomic E-state index is 6.40. The molecule has 0 radical (unpaired) electrons. The van der Waals surface area contributed by atoms with E-state index in [2.05, 4.69) is 44.0 Å². The number of para-hydroxylation sites is 1. The molecule has 2 aliphatic heterocycles. The van der Waals surface area contributed by atoms with Crippen molar-refractivity contribution in [1.82, 2.24) is 9.97 Å². The van der Waals surface area contributed by atoms with Crippen LogP contribution in [0.5, 0.6) is 0 Å². The first-order valence-electron chi connectivity index (χ1n) is 7.63. The summed E-state index contributed by atoms with van der Waals surface area (Å²) in [5, 5.41) is 0. The van der Waals surface area contributed by atoms with Gasteiger partial charge < -0.3 is 20.3 Å². The predicted octanol–water partition coefficient (Wildman–Crippen LogP) is 1.59. The molecule has 0 amide bonds. The molecule has 2 aromatic rings. The van der Waals surface area contributed by atoms with E-state index in [1.807, 2.05) is 0 Å². The number of anilines is 4. The third-order valence-corrected chi connectivity index (χ3v) is 4.30. The summed E-state index contributed by atoms with van der Waals surface area (Å²) in [4.78, 5) is 13.2. The van der Waals surface area contributed by atoms with Crippen molar-refractivity contribution >= 4 is 23.0 Å². The van der Waals surface area contributed by atoms with Crippen LogP contribution in [0, 0.1) is 0 Å². The largest absolute Gasteiger partial charge is 0.393 e. The van der Waals surface area contributed by atoms with Crippen LogP contribution >= 0.6 is 0 Å². The SMILES string of the molecule is Nc1c(N2CCOCC2)ncnc1N1CCc2ccccc21. The minimum atomic E-state index is 0.654. The molecule has 1 saturated heterocycles. The van der Waals surface area contributed by atoms with Gasteiger partial charge in [-0.15, -0.1) is 0 Å². The average Bonchev–Trinajstić information content (AvgIpc) is 3.00. The Balaban J connectivity index is 1.71. The third kappa shape index (κ3) is 2.16. The maximum absolute atomic E-state index is 6.40. The summed E-state index contributed by atoms with van der Waals surface area (Å²) >= 11 is 0. The monoisotopic (exact) mass is 297 g/mol. The first-order valence-corrected chi connectivity index (χ1v) is 7.63. The van der Waals surface area contributed by atoms with Crippen molar-refractivity contribution < 1.29 is 4.74 Å². The zero-order valence-electron chi connectivity index (χ0n) is 12.4. The molecule has 1 aromatic carbocycles. The number of fused-ring (bicyclic) bond motifs is 1. The molecule has 6 heteroatoms. The lowest BCUT2D eigenvalue weighted by Gasteiger charge is -2.30. The van der Waals surface area contributed by atoms with Crippen molar-refractivity contribution in [1.29, 1.82) is 0 Å². The van der Waals surface area contributed by atoms with Gasteiger partial charge >= 0.3 is 0 Å². The number of rotatable bonds is 2. The molecule has 114 valence electrons. The van der Waals surface area contributed by atoms with Gasteiger partial charge in [-0.1, -0.05) is 18.2 Å². The van der Waals surface area contributed by atoms with E-state index in [-0.39, 0.29) is 0 Å². The van der Waals surface area contributed by atoms with Crippen molar-refractivity contribution in [3.63, 3.8) is 0 Å². The van der Waals surface area contributed by atoms with Crippen LogP contribution in [0.3, 0.4) is 0 Å².